The van der Waals surface area contributed by atoms with Gasteiger partial charge in [0.15, 0.2) is 23.9 Å². The first-order chi connectivity index (χ1) is 12.4. The van der Waals surface area contributed by atoms with Gasteiger partial charge in [-0.3, -0.25) is 4.79 Å². The second-order valence-corrected chi connectivity index (χ2v) is 5.63. The summed E-state index contributed by atoms with van der Waals surface area (Å²) >= 11 is 0. The van der Waals surface area contributed by atoms with Gasteiger partial charge in [0.2, 0.25) is 0 Å². The summed E-state index contributed by atoms with van der Waals surface area (Å²) < 4.78 is 15.6. The molecule has 2 rings (SSSR count). The highest BCUT2D eigenvalue weighted by Crippen LogP contribution is 2.34. The lowest BCUT2D eigenvalue weighted by Crippen LogP contribution is -2.44. The molecule has 0 saturated heterocycles. The maximum Gasteiger partial charge on any atom is 0.344 e. The normalized spacial score (nSPS) is 16.5. The van der Waals surface area contributed by atoms with Crippen LogP contribution in [0.15, 0.2) is 29.5 Å². The fraction of sp³-hybridized carbons (Fsp3) is 0.389. The highest BCUT2D eigenvalue weighted by molar-refractivity contribution is 5.98. The molecule has 2 N–H and O–H groups in total. The molecule has 2 amide bonds. The van der Waals surface area contributed by atoms with Crippen LogP contribution >= 0.6 is 0 Å². The lowest BCUT2D eigenvalue weighted by Gasteiger charge is -2.28. The van der Waals surface area contributed by atoms with Crippen LogP contribution in [-0.2, 0) is 14.3 Å². The minimum absolute atomic E-state index is 0.151. The van der Waals surface area contributed by atoms with E-state index in [4.69, 9.17) is 14.2 Å². The molecular formula is C18H22N2O6. The Bertz CT molecular complexity index is 756. The second kappa shape index (κ2) is 8.37. The van der Waals surface area contributed by atoms with Crippen molar-refractivity contribution in [2.45, 2.75) is 26.8 Å². The average molecular weight is 362 g/mol. The van der Waals surface area contributed by atoms with Crippen LogP contribution in [0.5, 0.6) is 11.5 Å². The maximum atomic E-state index is 12.0. The van der Waals surface area contributed by atoms with E-state index in [1.807, 2.05) is 0 Å². The molecule has 0 saturated carbocycles. The van der Waals surface area contributed by atoms with Crippen LogP contribution in [0, 0.1) is 0 Å². The average Bonchev–Trinajstić information content (AvgIpc) is 2.58. The van der Waals surface area contributed by atoms with E-state index in [0.717, 1.165) is 0 Å². The number of allylic oxidation sites excluding steroid dienone is 1. The number of urea groups is 1. The van der Waals surface area contributed by atoms with Crippen molar-refractivity contribution in [2.24, 2.45) is 0 Å². The summed E-state index contributed by atoms with van der Waals surface area (Å²) in [5.74, 6) is 0.0954. The van der Waals surface area contributed by atoms with Crippen molar-refractivity contribution in [3.63, 3.8) is 0 Å². The molecule has 8 heteroatoms. The largest absolute Gasteiger partial charge is 0.493 e. The topological polar surface area (TPSA) is 103 Å². The quantitative estimate of drug-likeness (QED) is 0.718. The predicted octanol–water partition coefficient (Wildman–Crippen LogP) is 1.85. The number of hydrogen-bond acceptors (Lipinski definition) is 6. The van der Waals surface area contributed by atoms with Crippen LogP contribution in [0.3, 0.4) is 0 Å². The minimum Gasteiger partial charge on any atom is -0.493 e. The summed E-state index contributed by atoms with van der Waals surface area (Å²) in [6.07, 6.45) is 0. The Hall–Kier alpha value is -3.03. The van der Waals surface area contributed by atoms with Gasteiger partial charge in [-0.1, -0.05) is 6.07 Å². The molecule has 0 aliphatic carbocycles. The first-order valence-corrected chi connectivity index (χ1v) is 8.13. The molecule has 1 aromatic rings. The number of ketones is 1. The third-order valence-electron chi connectivity index (χ3n) is 3.82. The number of ether oxygens (including phenoxy) is 3. The molecule has 0 unspecified atom stereocenters. The molecule has 0 bridgehead atoms. The van der Waals surface area contributed by atoms with Crippen molar-refractivity contribution in [3.05, 3.63) is 35.0 Å². The number of methoxy groups -OCH3 is 1. The van der Waals surface area contributed by atoms with E-state index in [9.17, 15) is 14.4 Å². The number of carbonyl (C=O) groups excluding carboxylic acids is 3. The Morgan fingerprint density at radius 2 is 1.96 bits per heavy atom. The van der Waals surface area contributed by atoms with E-state index in [2.05, 4.69) is 10.6 Å². The highest BCUT2D eigenvalue weighted by Gasteiger charge is 2.29. The monoisotopic (exact) mass is 362 g/mol. The van der Waals surface area contributed by atoms with Crippen molar-refractivity contribution < 1.29 is 28.6 Å². The minimum atomic E-state index is -0.603. The lowest BCUT2D eigenvalue weighted by atomic mass is 9.93. The number of rotatable bonds is 7. The van der Waals surface area contributed by atoms with Crippen molar-refractivity contribution in [1.29, 1.82) is 0 Å². The van der Waals surface area contributed by atoms with Gasteiger partial charge in [0.25, 0.3) is 0 Å². The molecule has 0 spiro atoms. The lowest BCUT2D eigenvalue weighted by molar-refractivity contribution is -0.145. The number of benzene rings is 1. The third kappa shape index (κ3) is 4.33. The fourth-order valence-electron chi connectivity index (χ4n) is 2.73. The van der Waals surface area contributed by atoms with E-state index in [0.29, 0.717) is 28.3 Å². The van der Waals surface area contributed by atoms with Gasteiger partial charge >= 0.3 is 12.0 Å². The van der Waals surface area contributed by atoms with E-state index in [-0.39, 0.29) is 25.0 Å². The number of hydrogen-bond donors (Lipinski definition) is 2. The van der Waals surface area contributed by atoms with Crippen molar-refractivity contribution >= 4 is 17.8 Å². The maximum absolute atomic E-state index is 12.0. The molecule has 140 valence electrons. The van der Waals surface area contributed by atoms with Crippen LogP contribution in [0.1, 0.15) is 32.4 Å². The Morgan fingerprint density at radius 3 is 2.58 bits per heavy atom. The first kappa shape index (κ1) is 19.3. The molecule has 0 aromatic heterocycles. The molecule has 1 aliphatic rings. The van der Waals surface area contributed by atoms with E-state index < -0.39 is 12.0 Å². The predicted molar refractivity (Wildman–Crippen MR) is 92.9 cm³/mol. The van der Waals surface area contributed by atoms with Gasteiger partial charge in [0.1, 0.15) is 0 Å². The number of esters is 1. The molecule has 0 fully saturated rings. The third-order valence-corrected chi connectivity index (χ3v) is 3.82. The highest BCUT2D eigenvalue weighted by atomic mass is 16.6. The standard InChI is InChI=1S/C18H22N2O6/c1-5-25-15(22)9-26-13-7-6-12(8-14(13)24-4)17-16(11(3)21)10(2)19-18(23)20-17/h6-8,17H,5,9H2,1-4H3,(H2,19,20,23)/t17-/m1/s1. The van der Waals surface area contributed by atoms with Crippen LogP contribution in [0.4, 0.5) is 4.79 Å². The number of amides is 2. The second-order valence-electron chi connectivity index (χ2n) is 5.63. The van der Waals surface area contributed by atoms with Gasteiger partial charge < -0.3 is 24.8 Å². The Morgan fingerprint density at radius 1 is 1.23 bits per heavy atom. The molecule has 1 heterocycles. The number of Topliss-reactive ketones (excluding diaryl/α,β-unsaturated/α-hetero) is 1. The van der Waals surface area contributed by atoms with Crippen LogP contribution < -0.4 is 20.1 Å². The van der Waals surface area contributed by atoms with E-state index in [1.165, 1.54) is 14.0 Å². The van der Waals surface area contributed by atoms with Crippen LogP contribution in [0.25, 0.3) is 0 Å². The van der Waals surface area contributed by atoms with Gasteiger partial charge in [0, 0.05) is 11.3 Å². The summed E-state index contributed by atoms with van der Waals surface area (Å²) in [4.78, 5) is 35.2. The Kier molecular flexibility index (Phi) is 6.21. The fourth-order valence-corrected chi connectivity index (χ4v) is 2.73. The Labute approximate surface area is 151 Å². The zero-order valence-corrected chi connectivity index (χ0v) is 15.2. The van der Waals surface area contributed by atoms with Crippen LogP contribution in [0.2, 0.25) is 0 Å². The summed E-state index contributed by atoms with van der Waals surface area (Å²) in [5, 5.41) is 5.33. The van der Waals surface area contributed by atoms with Gasteiger partial charge in [-0.2, -0.15) is 0 Å². The molecule has 8 nitrogen and oxygen atoms in total. The molecule has 1 aromatic carbocycles. The smallest absolute Gasteiger partial charge is 0.344 e. The summed E-state index contributed by atoms with van der Waals surface area (Å²) in [7, 11) is 1.46. The van der Waals surface area contributed by atoms with Crippen molar-refractivity contribution in [3.8, 4) is 11.5 Å². The summed E-state index contributed by atoms with van der Waals surface area (Å²) in [5.41, 5.74) is 1.63. The zero-order valence-electron chi connectivity index (χ0n) is 15.2. The summed E-state index contributed by atoms with van der Waals surface area (Å²) in [6, 6.07) is 3.99. The molecule has 26 heavy (non-hydrogen) atoms. The SMILES string of the molecule is CCOC(=O)COc1ccc([C@H]2NC(=O)NC(C)=C2C(C)=O)cc1OC. The van der Waals surface area contributed by atoms with Gasteiger partial charge in [0.05, 0.1) is 19.8 Å². The zero-order chi connectivity index (χ0) is 19.3. The Balaban J connectivity index is 2.30. The number of carbonyl (C=O) groups is 3. The first-order valence-electron chi connectivity index (χ1n) is 8.13. The van der Waals surface area contributed by atoms with Crippen LogP contribution in [-0.4, -0.2) is 38.1 Å². The number of nitrogens with one attached hydrogen (secondary N) is 2. The molecular weight excluding hydrogens is 340 g/mol. The summed E-state index contributed by atoms with van der Waals surface area (Å²) in [6.45, 7) is 4.86. The molecule has 1 atom stereocenters. The van der Waals surface area contributed by atoms with Crippen molar-refractivity contribution in [1.82, 2.24) is 10.6 Å². The van der Waals surface area contributed by atoms with E-state index in [1.54, 1.807) is 32.0 Å². The van der Waals surface area contributed by atoms with Gasteiger partial charge in [-0.05, 0) is 38.5 Å². The molecule has 0 radical (unpaired) electrons. The van der Waals surface area contributed by atoms with E-state index >= 15 is 0 Å². The molecule has 1 aliphatic heterocycles. The van der Waals surface area contributed by atoms with Gasteiger partial charge in [-0.25, -0.2) is 9.59 Å². The van der Waals surface area contributed by atoms with Crippen molar-refractivity contribution in [2.75, 3.05) is 20.3 Å². The van der Waals surface area contributed by atoms with Gasteiger partial charge in [-0.15, -0.1) is 0 Å².